The van der Waals surface area contributed by atoms with Crippen molar-refractivity contribution >= 4 is 9.84 Å². The van der Waals surface area contributed by atoms with E-state index in [1.54, 1.807) is 6.92 Å². The zero-order valence-corrected chi connectivity index (χ0v) is 9.96. The second-order valence-corrected chi connectivity index (χ2v) is 6.28. The van der Waals surface area contributed by atoms with Crippen molar-refractivity contribution in [1.82, 2.24) is 15.5 Å². The lowest BCUT2D eigenvalue weighted by atomic mass is 10.2. The Labute approximate surface area is 94.4 Å². The molecule has 90 valence electrons. The summed E-state index contributed by atoms with van der Waals surface area (Å²) in [7, 11) is -2.86. The van der Waals surface area contributed by atoms with Crippen LogP contribution in [0.25, 0.3) is 0 Å². The SMILES string of the molecule is Cc1nnc(CNC2CCCS(=O)(=O)C2)o1. The van der Waals surface area contributed by atoms with E-state index in [4.69, 9.17) is 4.42 Å². The number of hydrogen-bond donors (Lipinski definition) is 1. The van der Waals surface area contributed by atoms with E-state index < -0.39 is 9.84 Å². The van der Waals surface area contributed by atoms with Gasteiger partial charge in [0.2, 0.25) is 11.8 Å². The topological polar surface area (TPSA) is 85.1 Å². The lowest BCUT2D eigenvalue weighted by Crippen LogP contribution is -2.39. The molecule has 1 unspecified atom stereocenters. The smallest absolute Gasteiger partial charge is 0.230 e. The quantitative estimate of drug-likeness (QED) is 0.809. The first-order valence-electron chi connectivity index (χ1n) is 5.28. The van der Waals surface area contributed by atoms with Crippen LogP contribution in [0.15, 0.2) is 4.42 Å². The summed E-state index contributed by atoms with van der Waals surface area (Å²) in [5.74, 6) is 1.54. The Balaban J connectivity index is 1.86. The van der Waals surface area contributed by atoms with Gasteiger partial charge in [0.25, 0.3) is 0 Å². The molecule has 7 heteroatoms. The van der Waals surface area contributed by atoms with E-state index in [9.17, 15) is 8.42 Å². The summed E-state index contributed by atoms with van der Waals surface area (Å²) in [5, 5.41) is 10.7. The van der Waals surface area contributed by atoms with Crippen LogP contribution in [0.2, 0.25) is 0 Å². The molecule has 1 aromatic rings. The minimum atomic E-state index is -2.86. The molecule has 1 aromatic heterocycles. The molecule has 0 spiro atoms. The standard InChI is InChI=1S/C9H15N3O3S/c1-7-11-12-9(15-7)5-10-8-3-2-4-16(13,14)6-8/h8,10H,2-6H2,1H3. The predicted octanol–water partition coefficient (Wildman–Crippen LogP) is 0.0448. The molecular weight excluding hydrogens is 230 g/mol. The van der Waals surface area contributed by atoms with Gasteiger partial charge in [-0.2, -0.15) is 0 Å². The van der Waals surface area contributed by atoms with Crippen molar-refractivity contribution in [3.63, 3.8) is 0 Å². The molecule has 0 saturated carbocycles. The summed E-state index contributed by atoms with van der Waals surface area (Å²) in [5.41, 5.74) is 0. The number of rotatable bonds is 3. The van der Waals surface area contributed by atoms with E-state index >= 15 is 0 Å². The number of hydrogen-bond acceptors (Lipinski definition) is 6. The van der Waals surface area contributed by atoms with E-state index in [1.807, 2.05) is 0 Å². The lowest BCUT2D eigenvalue weighted by molar-refractivity contribution is 0.412. The fourth-order valence-electron chi connectivity index (χ4n) is 1.82. The van der Waals surface area contributed by atoms with E-state index in [0.717, 1.165) is 12.8 Å². The van der Waals surface area contributed by atoms with Crippen LogP contribution in [0, 0.1) is 6.92 Å². The van der Waals surface area contributed by atoms with E-state index in [2.05, 4.69) is 15.5 Å². The van der Waals surface area contributed by atoms with Crippen LogP contribution >= 0.6 is 0 Å². The summed E-state index contributed by atoms with van der Waals surface area (Å²) in [6.07, 6.45) is 1.61. The van der Waals surface area contributed by atoms with E-state index in [1.165, 1.54) is 0 Å². The van der Waals surface area contributed by atoms with Crippen LogP contribution in [-0.2, 0) is 16.4 Å². The molecule has 1 fully saturated rings. The van der Waals surface area contributed by atoms with Gasteiger partial charge >= 0.3 is 0 Å². The Morgan fingerprint density at radius 1 is 1.50 bits per heavy atom. The third-order valence-electron chi connectivity index (χ3n) is 2.57. The molecule has 1 N–H and O–H groups in total. The van der Waals surface area contributed by atoms with Gasteiger partial charge in [0, 0.05) is 13.0 Å². The van der Waals surface area contributed by atoms with Crippen molar-refractivity contribution in [2.24, 2.45) is 0 Å². The maximum absolute atomic E-state index is 11.4. The van der Waals surface area contributed by atoms with Crippen LogP contribution in [0.4, 0.5) is 0 Å². The van der Waals surface area contributed by atoms with Gasteiger partial charge in [-0.25, -0.2) is 8.42 Å². The number of aromatic nitrogens is 2. The second-order valence-electron chi connectivity index (χ2n) is 4.05. The number of nitrogens with zero attached hydrogens (tertiary/aromatic N) is 2. The molecule has 1 atom stereocenters. The average Bonchev–Trinajstić information content (AvgIpc) is 2.60. The highest BCUT2D eigenvalue weighted by Gasteiger charge is 2.24. The van der Waals surface area contributed by atoms with Gasteiger partial charge in [-0.05, 0) is 12.8 Å². The van der Waals surface area contributed by atoms with Crippen molar-refractivity contribution in [2.75, 3.05) is 11.5 Å². The third-order valence-corrected chi connectivity index (χ3v) is 4.39. The highest BCUT2D eigenvalue weighted by atomic mass is 32.2. The number of aryl methyl sites for hydroxylation is 1. The Bertz CT molecular complexity index is 454. The van der Waals surface area contributed by atoms with Gasteiger partial charge in [-0.15, -0.1) is 10.2 Å². The van der Waals surface area contributed by atoms with Crippen LogP contribution in [0.5, 0.6) is 0 Å². The molecule has 2 heterocycles. The normalized spacial score (nSPS) is 24.4. The molecule has 0 aromatic carbocycles. The minimum Gasteiger partial charge on any atom is -0.424 e. The molecule has 0 aliphatic carbocycles. The first-order valence-corrected chi connectivity index (χ1v) is 7.10. The molecule has 1 saturated heterocycles. The van der Waals surface area contributed by atoms with Gasteiger partial charge in [0.15, 0.2) is 9.84 Å². The summed E-state index contributed by atoms with van der Waals surface area (Å²) < 4.78 is 28.0. The zero-order valence-electron chi connectivity index (χ0n) is 9.14. The van der Waals surface area contributed by atoms with Crippen molar-refractivity contribution in [3.05, 3.63) is 11.8 Å². The third kappa shape index (κ3) is 3.02. The van der Waals surface area contributed by atoms with E-state index in [-0.39, 0.29) is 11.8 Å². The first-order chi connectivity index (χ1) is 7.55. The van der Waals surface area contributed by atoms with Crippen LogP contribution in [0.3, 0.4) is 0 Å². The van der Waals surface area contributed by atoms with Gasteiger partial charge in [-0.1, -0.05) is 0 Å². The zero-order chi connectivity index (χ0) is 11.6. The molecule has 0 amide bonds. The summed E-state index contributed by atoms with van der Waals surface area (Å²) >= 11 is 0. The summed E-state index contributed by atoms with van der Waals surface area (Å²) in [4.78, 5) is 0. The van der Waals surface area contributed by atoms with Crippen LogP contribution < -0.4 is 5.32 Å². The summed E-state index contributed by atoms with van der Waals surface area (Å²) in [6.45, 7) is 2.16. The van der Waals surface area contributed by atoms with Crippen molar-refractivity contribution in [1.29, 1.82) is 0 Å². The van der Waals surface area contributed by atoms with Crippen molar-refractivity contribution < 1.29 is 12.8 Å². The maximum atomic E-state index is 11.4. The van der Waals surface area contributed by atoms with Crippen LogP contribution in [-0.4, -0.2) is 36.2 Å². The van der Waals surface area contributed by atoms with Gasteiger partial charge in [0.1, 0.15) is 0 Å². The van der Waals surface area contributed by atoms with Gasteiger partial charge < -0.3 is 9.73 Å². The molecule has 1 aliphatic heterocycles. The Morgan fingerprint density at radius 3 is 2.94 bits per heavy atom. The maximum Gasteiger partial charge on any atom is 0.230 e. The average molecular weight is 245 g/mol. The Hall–Kier alpha value is -0.950. The summed E-state index contributed by atoms with van der Waals surface area (Å²) in [6, 6.07) is 0.00551. The van der Waals surface area contributed by atoms with Gasteiger partial charge in [0.05, 0.1) is 18.1 Å². The number of nitrogens with one attached hydrogen (secondary N) is 1. The highest BCUT2D eigenvalue weighted by Crippen LogP contribution is 2.12. The fraction of sp³-hybridized carbons (Fsp3) is 0.778. The van der Waals surface area contributed by atoms with Gasteiger partial charge in [-0.3, -0.25) is 0 Å². The highest BCUT2D eigenvalue weighted by molar-refractivity contribution is 7.91. The molecule has 6 nitrogen and oxygen atoms in total. The van der Waals surface area contributed by atoms with Crippen molar-refractivity contribution in [2.45, 2.75) is 32.4 Å². The second kappa shape index (κ2) is 4.50. The molecule has 0 radical (unpaired) electrons. The molecule has 2 rings (SSSR count). The fourth-order valence-corrected chi connectivity index (χ4v) is 3.50. The monoisotopic (exact) mass is 245 g/mol. The molecule has 1 aliphatic rings. The van der Waals surface area contributed by atoms with Crippen LogP contribution in [0.1, 0.15) is 24.6 Å². The Kier molecular flexibility index (Phi) is 3.25. The first kappa shape index (κ1) is 11.5. The molecule has 0 bridgehead atoms. The minimum absolute atomic E-state index is 0.00551. The number of sulfone groups is 1. The predicted molar refractivity (Wildman–Crippen MR) is 57.6 cm³/mol. The Morgan fingerprint density at radius 2 is 2.31 bits per heavy atom. The largest absolute Gasteiger partial charge is 0.424 e. The lowest BCUT2D eigenvalue weighted by Gasteiger charge is -2.22. The molecular formula is C9H15N3O3S. The van der Waals surface area contributed by atoms with E-state index in [0.29, 0.717) is 24.1 Å². The van der Waals surface area contributed by atoms with Crippen molar-refractivity contribution in [3.8, 4) is 0 Å². The molecule has 16 heavy (non-hydrogen) atoms.